The van der Waals surface area contributed by atoms with Crippen molar-refractivity contribution in [1.29, 1.82) is 0 Å². The van der Waals surface area contributed by atoms with E-state index < -0.39 is 10.0 Å². The molecule has 0 aliphatic carbocycles. The van der Waals surface area contributed by atoms with Gasteiger partial charge in [0.25, 0.3) is 5.89 Å². The maximum atomic E-state index is 13.4. The number of anilines is 1. The Hall–Kier alpha value is -3.44. The van der Waals surface area contributed by atoms with Gasteiger partial charge in [-0.25, -0.2) is 8.42 Å². The van der Waals surface area contributed by atoms with E-state index in [9.17, 15) is 13.2 Å². The van der Waals surface area contributed by atoms with Gasteiger partial charge in [-0.3, -0.25) is 4.79 Å². The van der Waals surface area contributed by atoms with E-state index in [0.29, 0.717) is 47.5 Å². The Bertz CT molecular complexity index is 1290. The smallest absolute Gasteiger partial charge is 0.251 e. The molecule has 11 heteroatoms. The Kier molecular flexibility index (Phi) is 6.85. The van der Waals surface area contributed by atoms with Gasteiger partial charge in [-0.15, -0.1) is 10.2 Å². The number of hydrogen-bond acceptors (Lipinski definition) is 8. The minimum absolute atomic E-state index is 0.0675. The van der Waals surface area contributed by atoms with Crippen LogP contribution in [0, 0.1) is 0 Å². The summed E-state index contributed by atoms with van der Waals surface area (Å²) in [7, 11) is -0.808. The van der Waals surface area contributed by atoms with Gasteiger partial charge >= 0.3 is 0 Å². The topological polar surface area (TPSA) is 124 Å². The fourth-order valence-corrected chi connectivity index (χ4v) is 5.53. The molecule has 1 fully saturated rings. The van der Waals surface area contributed by atoms with Gasteiger partial charge in [-0.2, -0.15) is 4.31 Å². The van der Waals surface area contributed by atoms with Crippen LogP contribution in [0.15, 0.2) is 51.8 Å². The monoisotopic (exact) mass is 486 g/mol. The minimum atomic E-state index is -3.83. The van der Waals surface area contributed by atoms with Crippen LogP contribution in [0.25, 0.3) is 11.5 Å². The highest BCUT2D eigenvalue weighted by atomic mass is 32.2. The summed E-state index contributed by atoms with van der Waals surface area (Å²) in [5, 5.41) is 11.0. The van der Waals surface area contributed by atoms with Gasteiger partial charge in [0.05, 0.1) is 36.3 Å². The summed E-state index contributed by atoms with van der Waals surface area (Å²) in [6, 6.07) is 11.7. The number of aromatic nitrogens is 2. The molecule has 34 heavy (non-hydrogen) atoms. The van der Waals surface area contributed by atoms with Gasteiger partial charge in [0.2, 0.25) is 21.8 Å². The lowest BCUT2D eigenvalue weighted by Gasteiger charge is -2.30. The summed E-state index contributed by atoms with van der Waals surface area (Å²) in [5.74, 6) is 1.12. The first-order chi connectivity index (χ1) is 16.3. The highest BCUT2D eigenvalue weighted by molar-refractivity contribution is 7.89. The van der Waals surface area contributed by atoms with Crippen LogP contribution in [0.2, 0.25) is 0 Å². The Morgan fingerprint density at radius 2 is 1.88 bits per heavy atom. The average molecular weight is 487 g/mol. The number of benzene rings is 2. The second-order valence-electron chi connectivity index (χ2n) is 7.89. The van der Waals surface area contributed by atoms with Crippen molar-refractivity contribution in [3.8, 4) is 23.0 Å². The molecule has 2 heterocycles. The lowest BCUT2D eigenvalue weighted by Crippen LogP contribution is -2.39. The number of piperidine rings is 1. The number of sulfonamides is 1. The molecule has 0 unspecified atom stereocenters. The maximum absolute atomic E-state index is 13.4. The number of para-hydroxylation sites is 1. The SMILES string of the molecule is COc1ccc(S(=O)(=O)N2CCC[C@@H](c3nnc(-c4ccccc4OC)o3)C2)cc1NC(C)=O. The molecule has 1 saturated heterocycles. The van der Waals surface area contributed by atoms with Gasteiger partial charge in [0, 0.05) is 20.0 Å². The number of rotatable bonds is 7. The molecular formula is C23H26N4O6S. The molecule has 0 radical (unpaired) electrons. The number of carbonyl (C=O) groups excluding carboxylic acids is 1. The molecule has 1 aliphatic rings. The van der Waals surface area contributed by atoms with Gasteiger partial charge in [-0.05, 0) is 43.2 Å². The largest absolute Gasteiger partial charge is 0.496 e. The van der Waals surface area contributed by atoms with Crippen molar-refractivity contribution < 1.29 is 27.1 Å². The molecule has 1 aliphatic heterocycles. The molecular weight excluding hydrogens is 460 g/mol. The quantitative estimate of drug-likeness (QED) is 0.540. The second-order valence-corrected chi connectivity index (χ2v) is 9.83. The highest BCUT2D eigenvalue weighted by Gasteiger charge is 2.34. The van der Waals surface area contributed by atoms with E-state index in [4.69, 9.17) is 13.9 Å². The van der Waals surface area contributed by atoms with Crippen molar-refractivity contribution in [3.05, 3.63) is 48.4 Å². The van der Waals surface area contributed by atoms with E-state index in [1.54, 1.807) is 13.2 Å². The first-order valence-corrected chi connectivity index (χ1v) is 12.2. The lowest BCUT2D eigenvalue weighted by atomic mass is 10.00. The third kappa shape index (κ3) is 4.75. The van der Waals surface area contributed by atoms with E-state index in [1.165, 1.54) is 36.5 Å². The number of carbonyl (C=O) groups is 1. The van der Waals surface area contributed by atoms with Crippen LogP contribution in [0.1, 0.15) is 31.6 Å². The number of amides is 1. The van der Waals surface area contributed by atoms with Crippen molar-refractivity contribution in [2.75, 3.05) is 32.6 Å². The first kappa shape index (κ1) is 23.7. The molecule has 0 saturated carbocycles. The van der Waals surface area contributed by atoms with E-state index in [0.717, 1.165) is 6.42 Å². The Balaban J connectivity index is 1.57. The van der Waals surface area contributed by atoms with Crippen molar-refractivity contribution in [1.82, 2.24) is 14.5 Å². The van der Waals surface area contributed by atoms with Crippen molar-refractivity contribution in [2.24, 2.45) is 0 Å². The van der Waals surface area contributed by atoms with E-state index in [-0.39, 0.29) is 23.3 Å². The van der Waals surface area contributed by atoms with E-state index in [1.807, 2.05) is 18.2 Å². The van der Waals surface area contributed by atoms with Crippen molar-refractivity contribution >= 4 is 21.6 Å². The molecule has 1 aromatic heterocycles. The lowest BCUT2D eigenvalue weighted by molar-refractivity contribution is -0.114. The van der Waals surface area contributed by atoms with Crippen LogP contribution in [-0.2, 0) is 14.8 Å². The van der Waals surface area contributed by atoms with Crippen LogP contribution in [-0.4, -0.2) is 56.1 Å². The molecule has 4 rings (SSSR count). The molecule has 0 bridgehead atoms. The molecule has 1 N–H and O–H groups in total. The normalized spacial score (nSPS) is 16.7. The van der Waals surface area contributed by atoms with Gasteiger partial charge in [0.15, 0.2) is 0 Å². The van der Waals surface area contributed by atoms with E-state index >= 15 is 0 Å². The van der Waals surface area contributed by atoms with Gasteiger partial charge in [-0.1, -0.05) is 12.1 Å². The fourth-order valence-electron chi connectivity index (χ4n) is 3.98. The summed E-state index contributed by atoms with van der Waals surface area (Å²) in [6.45, 7) is 1.92. The molecule has 3 aromatic rings. The third-order valence-corrected chi connectivity index (χ3v) is 7.49. The van der Waals surface area contributed by atoms with Crippen LogP contribution < -0.4 is 14.8 Å². The molecule has 1 amide bonds. The zero-order chi connectivity index (χ0) is 24.3. The predicted molar refractivity (Wildman–Crippen MR) is 124 cm³/mol. The summed E-state index contributed by atoms with van der Waals surface area (Å²) in [5.41, 5.74) is 0.968. The highest BCUT2D eigenvalue weighted by Crippen LogP contribution is 2.35. The van der Waals surface area contributed by atoms with Gasteiger partial charge in [0.1, 0.15) is 11.5 Å². The zero-order valence-electron chi connectivity index (χ0n) is 19.1. The third-order valence-electron chi connectivity index (χ3n) is 5.63. The fraction of sp³-hybridized carbons (Fsp3) is 0.348. The van der Waals surface area contributed by atoms with Crippen LogP contribution in [0.3, 0.4) is 0 Å². The second kappa shape index (κ2) is 9.82. The number of nitrogens with one attached hydrogen (secondary N) is 1. The van der Waals surface area contributed by atoms with E-state index in [2.05, 4.69) is 15.5 Å². The summed E-state index contributed by atoms with van der Waals surface area (Å²) >= 11 is 0. The first-order valence-electron chi connectivity index (χ1n) is 10.8. The number of ether oxygens (including phenoxy) is 2. The van der Waals surface area contributed by atoms with Crippen LogP contribution >= 0.6 is 0 Å². The molecule has 1 atom stereocenters. The molecule has 0 spiro atoms. The van der Waals surface area contributed by atoms with Gasteiger partial charge < -0.3 is 19.2 Å². The summed E-state index contributed by atoms with van der Waals surface area (Å²) < 4.78 is 44.7. The predicted octanol–water partition coefficient (Wildman–Crippen LogP) is 3.28. The maximum Gasteiger partial charge on any atom is 0.251 e. The summed E-state index contributed by atoms with van der Waals surface area (Å²) in [6.07, 6.45) is 1.37. The van der Waals surface area contributed by atoms with Crippen molar-refractivity contribution in [2.45, 2.75) is 30.6 Å². The zero-order valence-corrected chi connectivity index (χ0v) is 20.0. The van der Waals surface area contributed by atoms with Crippen LogP contribution in [0.5, 0.6) is 11.5 Å². The average Bonchev–Trinajstić information content (AvgIpc) is 3.34. The Labute approximate surface area is 197 Å². The molecule has 180 valence electrons. The minimum Gasteiger partial charge on any atom is -0.496 e. The molecule has 2 aromatic carbocycles. The Morgan fingerprint density at radius 1 is 1.12 bits per heavy atom. The number of methoxy groups -OCH3 is 2. The standard InChI is InChI=1S/C23H26N4O6S/c1-15(28)24-19-13-17(10-11-21(19)32-3)34(29,30)27-12-6-7-16(14-27)22-25-26-23(33-22)18-8-4-5-9-20(18)31-2/h4-5,8-11,13,16H,6-7,12,14H2,1-3H3,(H,24,28)/t16-/m1/s1. The number of hydrogen-bond donors (Lipinski definition) is 1. The Morgan fingerprint density at radius 3 is 2.62 bits per heavy atom. The summed E-state index contributed by atoms with van der Waals surface area (Å²) in [4.78, 5) is 11.6. The molecule has 10 nitrogen and oxygen atoms in total. The number of nitrogens with zero attached hydrogens (tertiary/aromatic N) is 3. The van der Waals surface area contributed by atoms with Crippen molar-refractivity contribution in [3.63, 3.8) is 0 Å². The van der Waals surface area contributed by atoms with Crippen LogP contribution in [0.4, 0.5) is 5.69 Å².